The first kappa shape index (κ1) is 42.0. The molecule has 0 bridgehead atoms. The highest BCUT2D eigenvalue weighted by molar-refractivity contribution is 7.26. The van der Waals surface area contributed by atoms with Gasteiger partial charge < -0.3 is 9.71 Å². The summed E-state index contributed by atoms with van der Waals surface area (Å²) in [5, 5.41) is 2.61. The van der Waals surface area contributed by atoms with E-state index in [1.807, 2.05) is 11.3 Å². The van der Waals surface area contributed by atoms with Crippen LogP contribution < -0.4 is 20.6 Å². The van der Waals surface area contributed by atoms with Crippen molar-refractivity contribution in [2.45, 2.75) is 71.6 Å². The average Bonchev–Trinajstić information content (AvgIpc) is 3.85. The van der Waals surface area contributed by atoms with Crippen molar-refractivity contribution in [1.29, 1.82) is 0 Å². The summed E-state index contributed by atoms with van der Waals surface area (Å²) in [6.45, 7) is 18.6. The molecule has 3 heterocycles. The summed E-state index contributed by atoms with van der Waals surface area (Å²) in [4.78, 5) is 5.43. The number of thiophene rings is 1. The van der Waals surface area contributed by atoms with Crippen LogP contribution in [0.1, 0.15) is 77.6 Å². The molecule has 0 saturated carbocycles. The van der Waals surface area contributed by atoms with E-state index in [-0.39, 0.29) is 23.1 Å². The molecule has 1 aromatic heterocycles. The van der Waals surface area contributed by atoms with Gasteiger partial charge in [0, 0.05) is 49.1 Å². The van der Waals surface area contributed by atoms with Crippen LogP contribution >= 0.6 is 11.3 Å². The molecular formula is C65H55BN2S. The Hall–Kier alpha value is -7.14. The van der Waals surface area contributed by atoms with Crippen molar-refractivity contribution >= 4 is 77.7 Å². The van der Waals surface area contributed by atoms with E-state index < -0.39 is 0 Å². The Balaban J connectivity index is 1.23. The molecule has 0 spiro atoms. The summed E-state index contributed by atoms with van der Waals surface area (Å²) < 4.78 is 2.62. The maximum Gasteiger partial charge on any atom is 0.333 e. The smallest absolute Gasteiger partial charge is 0.333 e. The Morgan fingerprint density at radius 2 is 1.10 bits per heavy atom. The van der Waals surface area contributed by atoms with Crippen molar-refractivity contribution in [3.63, 3.8) is 0 Å². The van der Waals surface area contributed by atoms with E-state index in [1.54, 1.807) is 0 Å². The van der Waals surface area contributed by atoms with Gasteiger partial charge in [-0.15, -0.1) is 11.3 Å². The molecule has 0 amide bonds. The van der Waals surface area contributed by atoms with Crippen LogP contribution in [0.5, 0.6) is 0 Å². The van der Waals surface area contributed by atoms with Crippen LogP contribution in [0.2, 0.25) is 0 Å². The molecule has 0 N–H and O–H groups in total. The van der Waals surface area contributed by atoms with Crippen molar-refractivity contribution in [3.8, 4) is 44.5 Å². The van der Waals surface area contributed by atoms with Gasteiger partial charge in [-0.1, -0.05) is 195 Å². The Labute approximate surface area is 411 Å². The number of anilines is 5. The lowest BCUT2D eigenvalue weighted by atomic mass is 9.42. The quantitative estimate of drug-likeness (QED) is 0.162. The molecule has 13 rings (SSSR count). The number of nitrogens with zero attached hydrogens (tertiary/aromatic N) is 2. The van der Waals surface area contributed by atoms with Gasteiger partial charge in [0.2, 0.25) is 0 Å². The van der Waals surface area contributed by atoms with Crippen LogP contribution in [0, 0.1) is 0 Å². The Kier molecular flexibility index (Phi) is 9.09. The number of fused-ring (bicyclic) bond motifs is 12. The van der Waals surface area contributed by atoms with E-state index in [1.165, 1.54) is 126 Å². The van der Waals surface area contributed by atoms with Crippen LogP contribution in [0.25, 0.3) is 64.7 Å². The fourth-order valence-corrected chi connectivity index (χ4v) is 13.2. The fourth-order valence-electron chi connectivity index (χ4n) is 12.0. The van der Waals surface area contributed by atoms with Crippen LogP contribution in [-0.2, 0) is 16.2 Å². The van der Waals surface area contributed by atoms with Gasteiger partial charge in [0.15, 0.2) is 0 Å². The zero-order valence-corrected chi connectivity index (χ0v) is 41.6. The third-order valence-electron chi connectivity index (χ3n) is 15.6. The molecule has 2 nitrogen and oxygen atoms in total. The van der Waals surface area contributed by atoms with Crippen LogP contribution in [-0.4, -0.2) is 6.85 Å². The van der Waals surface area contributed by atoms with Crippen molar-refractivity contribution in [2.24, 2.45) is 0 Å². The van der Waals surface area contributed by atoms with Gasteiger partial charge in [0.1, 0.15) is 0 Å². The number of hydrogen-bond acceptors (Lipinski definition) is 3. The zero-order valence-electron chi connectivity index (χ0n) is 40.8. The maximum absolute atomic E-state index is 2.73. The molecule has 3 aliphatic rings. The normalized spacial score (nSPS) is 14.4. The second kappa shape index (κ2) is 14.9. The third kappa shape index (κ3) is 6.24. The predicted octanol–water partition coefficient (Wildman–Crippen LogP) is 17.0. The number of hydrogen-bond donors (Lipinski definition) is 0. The van der Waals surface area contributed by atoms with Crippen LogP contribution in [0.4, 0.5) is 28.4 Å². The van der Waals surface area contributed by atoms with Gasteiger partial charge in [-0.2, -0.15) is 0 Å². The number of rotatable bonds is 4. The molecule has 1 aliphatic carbocycles. The molecule has 4 heteroatoms. The average molecular weight is 907 g/mol. The zero-order chi connectivity index (χ0) is 47.1. The standard InChI is InChI=1S/C65H55BN2S/c1-63(2,3)43-28-31-45(32-29-43)68-56-37-42(40-19-11-9-12-20-40)27-33-46(56)50-39-51-47-23-16-18-26-57(47)69-62(51)61-59(50)66(68)60-55(36-34-53-58(60)48-24-15-17-25-52(48)65(53,7)8)67(61)54-35-30-44(64(4,5)6)38-49(54)41-21-13-10-14-22-41/h9-39H,1-8H3. The highest BCUT2D eigenvalue weighted by atomic mass is 32.1. The minimum atomic E-state index is -0.194. The van der Waals surface area contributed by atoms with Gasteiger partial charge >= 0.3 is 6.85 Å². The summed E-state index contributed by atoms with van der Waals surface area (Å²) >= 11 is 1.94. The Bertz CT molecular complexity index is 3720. The molecule has 69 heavy (non-hydrogen) atoms. The lowest BCUT2D eigenvalue weighted by Crippen LogP contribution is -2.62. The van der Waals surface area contributed by atoms with E-state index in [0.717, 1.165) is 0 Å². The molecule has 0 radical (unpaired) electrons. The van der Waals surface area contributed by atoms with Gasteiger partial charge in [0.25, 0.3) is 0 Å². The van der Waals surface area contributed by atoms with Crippen molar-refractivity contribution in [1.82, 2.24) is 0 Å². The summed E-state index contributed by atoms with van der Waals surface area (Å²) in [6.07, 6.45) is 0. The first-order valence-corrected chi connectivity index (χ1v) is 25.4. The summed E-state index contributed by atoms with van der Waals surface area (Å²) in [6, 6.07) is 71.9. The summed E-state index contributed by atoms with van der Waals surface area (Å²) in [7, 11) is 0. The van der Waals surface area contributed by atoms with Gasteiger partial charge in [0.05, 0.1) is 16.1 Å². The fraction of sp³-hybridized carbons (Fsp3) is 0.169. The molecule has 0 atom stereocenters. The SMILES string of the molecule is CC(C)(C)c1ccc(N2B3c4c(ccc5c4-c4ccccc4C5(C)C)N(c4ccc(C(C)(C)C)cc4-c4ccccc4)c4c3c(cc3c4sc4ccccc43)-c3ccc(-c4ccccc4)cc32)cc1. The monoisotopic (exact) mass is 906 g/mol. The first-order valence-electron chi connectivity index (χ1n) is 24.6. The van der Waals surface area contributed by atoms with E-state index in [4.69, 9.17) is 0 Å². The summed E-state index contributed by atoms with van der Waals surface area (Å²) in [5.74, 6) is 0. The molecule has 2 aliphatic heterocycles. The van der Waals surface area contributed by atoms with Crippen molar-refractivity contribution in [3.05, 3.63) is 210 Å². The van der Waals surface area contributed by atoms with E-state index >= 15 is 0 Å². The second-order valence-electron chi connectivity index (χ2n) is 22.1. The molecule has 10 aromatic rings. The van der Waals surface area contributed by atoms with Gasteiger partial charge in [-0.05, 0) is 126 Å². The first-order chi connectivity index (χ1) is 33.3. The lowest BCUT2D eigenvalue weighted by Gasteiger charge is -2.47. The largest absolute Gasteiger partial charge is 0.376 e. The molecule has 9 aromatic carbocycles. The molecule has 0 saturated heterocycles. The van der Waals surface area contributed by atoms with Crippen molar-refractivity contribution < 1.29 is 0 Å². The van der Waals surface area contributed by atoms with E-state index in [9.17, 15) is 0 Å². The Morgan fingerprint density at radius 1 is 0.449 bits per heavy atom. The van der Waals surface area contributed by atoms with Crippen LogP contribution in [0.15, 0.2) is 188 Å². The van der Waals surface area contributed by atoms with E-state index in [0.29, 0.717) is 0 Å². The topological polar surface area (TPSA) is 6.48 Å². The minimum Gasteiger partial charge on any atom is -0.376 e. The molecule has 0 fully saturated rings. The molecule has 334 valence electrons. The Morgan fingerprint density at radius 3 is 1.84 bits per heavy atom. The van der Waals surface area contributed by atoms with E-state index in [2.05, 4.69) is 253 Å². The highest BCUT2D eigenvalue weighted by Gasteiger charge is 2.50. The lowest BCUT2D eigenvalue weighted by molar-refractivity contribution is 0.590. The molecular weight excluding hydrogens is 852 g/mol. The van der Waals surface area contributed by atoms with Gasteiger partial charge in [-0.25, -0.2) is 0 Å². The molecule has 0 unspecified atom stereocenters. The van der Waals surface area contributed by atoms with Gasteiger partial charge in [-0.3, -0.25) is 0 Å². The second-order valence-corrected chi connectivity index (χ2v) is 23.2. The maximum atomic E-state index is 2.73. The van der Waals surface area contributed by atoms with Crippen LogP contribution in [0.3, 0.4) is 0 Å². The van der Waals surface area contributed by atoms with Crippen molar-refractivity contribution in [2.75, 3.05) is 9.71 Å². The summed E-state index contributed by atoms with van der Waals surface area (Å²) in [5.41, 5.74) is 24.1. The number of benzene rings is 9. The minimum absolute atomic E-state index is 0.0123. The predicted molar refractivity (Wildman–Crippen MR) is 299 cm³/mol. The highest BCUT2D eigenvalue weighted by Crippen LogP contribution is 2.57. The third-order valence-corrected chi connectivity index (χ3v) is 16.8.